The molecule has 1 aliphatic heterocycles. The highest BCUT2D eigenvalue weighted by atomic mass is 32.1. The van der Waals surface area contributed by atoms with E-state index in [2.05, 4.69) is 15.6 Å². The maximum atomic E-state index is 13.9. The molecule has 0 saturated carbocycles. The summed E-state index contributed by atoms with van der Waals surface area (Å²) in [6, 6.07) is 7.56. The average Bonchev–Trinajstić information content (AvgIpc) is 3.25. The molecule has 3 aromatic rings. The third-order valence-corrected chi connectivity index (χ3v) is 5.76. The molecule has 0 spiro atoms. The number of ether oxygens (including phenoxy) is 2. The lowest BCUT2D eigenvalue weighted by molar-refractivity contribution is -0.118. The minimum absolute atomic E-state index is 0.321. The van der Waals surface area contributed by atoms with Crippen LogP contribution in [0.3, 0.4) is 0 Å². The van der Waals surface area contributed by atoms with Gasteiger partial charge in [-0.1, -0.05) is 19.9 Å². The second-order valence-electron chi connectivity index (χ2n) is 7.68. The van der Waals surface area contributed by atoms with Crippen molar-refractivity contribution in [2.75, 3.05) is 18.5 Å². The lowest BCUT2D eigenvalue weighted by Crippen LogP contribution is -2.47. The number of fused-ring (bicyclic) bond motifs is 1. The zero-order valence-corrected chi connectivity index (χ0v) is 18.7. The van der Waals surface area contributed by atoms with Gasteiger partial charge in [0.15, 0.2) is 16.6 Å². The van der Waals surface area contributed by atoms with Gasteiger partial charge in [-0.3, -0.25) is 9.59 Å². The largest absolute Gasteiger partial charge is 0.486 e. The highest BCUT2D eigenvalue weighted by Gasteiger charge is 2.28. The Labute approximate surface area is 192 Å². The van der Waals surface area contributed by atoms with Crippen LogP contribution < -0.4 is 20.1 Å². The van der Waals surface area contributed by atoms with E-state index in [0.717, 1.165) is 23.8 Å². The van der Waals surface area contributed by atoms with Gasteiger partial charge >= 0.3 is 0 Å². The zero-order valence-electron chi connectivity index (χ0n) is 17.9. The first-order valence-electron chi connectivity index (χ1n) is 10.2. The first-order valence-corrected chi connectivity index (χ1v) is 11.1. The third-order valence-electron chi connectivity index (χ3n) is 5.00. The van der Waals surface area contributed by atoms with Crippen molar-refractivity contribution in [3.8, 4) is 22.8 Å². The van der Waals surface area contributed by atoms with Crippen molar-refractivity contribution in [3.63, 3.8) is 0 Å². The molecule has 2 N–H and O–H groups in total. The van der Waals surface area contributed by atoms with Gasteiger partial charge < -0.3 is 20.1 Å². The van der Waals surface area contributed by atoms with Gasteiger partial charge in [-0.2, -0.15) is 0 Å². The lowest BCUT2D eigenvalue weighted by atomic mass is 10.0. The molecule has 33 heavy (non-hydrogen) atoms. The Kier molecular flexibility index (Phi) is 6.55. The number of thiazole rings is 1. The molecule has 1 unspecified atom stereocenters. The monoisotopic (exact) mass is 473 g/mol. The van der Waals surface area contributed by atoms with E-state index < -0.39 is 35.1 Å². The number of hydrogen-bond acceptors (Lipinski definition) is 6. The molecule has 0 fully saturated rings. The van der Waals surface area contributed by atoms with Crippen LogP contribution in [0.1, 0.15) is 24.2 Å². The lowest BCUT2D eigenvalue weighted by Gasteiger charge is -2.21. The molecule has 0 radical (unpaired) electrons. The molecule has 1 aliphatic rings. The SMILES string of the molecule is CC(C)C(NC(=O)c1c(F)cccc1F)C(=O)Nc1nc(-c2ccc3c(c2)OCCO3)cs1. The number of carbonyl (C=O) groups is 2. The molecule has 0 saturated heterocycles. The van der Waals surface area contributed by atoms with Gasteiger partial charge in [0.1, 0.15) is 36.5 Å². The van der Waals surface area contributed by atoms with Gasteiger partial charge in [0.2, 0.25) is 5.91 Å². The van der Waals surface area contributed by atoms with E-state index in [4.69, 9.17) is 9.47 Å². The second kappa shape index (κ2) is 9.53. The van der Waals surface area contributed by atoms with Crippen molar-refractivity contribution in [3.05, 3.63) is 59.0 Å². The molecular formula is C23H21F2N3O4S. The fourth-order valence-corrected chi connectivity index (χ4v) is 4.04. The van der Waals surface area contributed by atoms with Crippen LogP contribution in [0.4, 0.5) is 13.9 Å². The molecular weight excluding hydrogens is 452 g/mol. The van der Waals surface area contributed by atoms with Crippen LogP contribution >= 0.6 is 11.3 Å². The summed E-state index contributed by atoms with van der Waals surface area (Å²) in [6.07, 6.45) is 0. The molecule has 1 atom stereocenters. The summed E-state index contributed by atoms with van der Waals surface area (Å²) < 4.78 is 39.0. The summed E-state index contributed by atoms with van der Waals surface area (Å²) in [5.74, 6) is -2.61. The number of nitrogens with zero attached hydrogens (tertiary/aromatic N) is 1. The fourth-order valence-electron chi connectivity index (χ4n) is 3.31. The van der Waals surface area contributed by atoms with Gasteiger partial charge in [-0.05, 0) is 36.2 Å². The Morgan fingerprint density at radius 3 is 2.45 bits per heavy atom. The van der Waals surface area contributed by atoms with Crippen LogP contribution in [-0.4, -0.2) is 36.1 Å². The van der Waals surface area contributed by atoms with E-state index in [0.29, 0.717) is 35.5 Å². The summed E-state index contributed by atoms with van der Waals surface area (Å²) in [7, 11) is 0. The quantitative estimate of drug-likeness (QED) is 0.559. The number of amides is 2. The number of anilines is 1. The van der Waals surface area contributed by atoms with Crippen LogP contribution in [0.15, 0.2) is 41.8 Å². The Morgan fingerprint density at radius 1 is 1.06 bits per heavy atom. The molecule has 4 rings (SSSR count). The minimum atomic E-state index is -1.03. The smallest absolute Gasteiger partial charge is 0.257 e. The molecule has 0 aliphatic carbocycles. The number of hydrogen-bond donors (Lipinski definition) is 2. The number of aromatic nitrogens is 1. The number of benzene rings is 2. The van der Waals surface area contributed by atoms with E-state index in [1.165, 1.54) is 11.3 Å². The van der Waals surface area contributed by atoms with Gasteiger partial charge in [-0.15, -0.1) is 11.3 Å². The molecule has 172 valence electrons. The summed E-state index contributed by atoms with van der Waals surface area (Å²) >= 11 is 1.21. The Bertz CT molecular complexity index is 1180. The first-order chi connectivity index (χ1) is 15.8. The van der Waals surface area contributed by atoms with Crippen molar-refractivity contribution in [1.29, 1.82) is 0 Å². The zero-order chi connectivity index (χ0) is 23.5. The van der Waals surface area contributed by atoms with Gasteiger partial charge in [0.05, 0.1) is 5.69 Å². The van der Waals surface area contributed by atoms with Gasteiger partial charge in [0, 0.05) is 10.9 Å². The molecule has 1 aromatic heterocycles. The summed E-state index contributed by atoms with van der Waals surface area (Å²) in [4.78, 5) is 29.7. The molecule has 2 heterocycles. The molecule has 2 amide bonds. The van der Waals surface area contributed by atoms with Crippen molar-refractivity contribution in [2.24, 2.45) is 5.92 Å². The Morgan fingerprint density at radius 2 is 1.76 bits per heavy atom. The molecule has 7 nitrogen and oxygen atoms in total. The highest BCUT2D eigenvalue weighted by Crippen LogP contribution is 2.35. The van der Waals surface area contributed by atoms with Crippen LogP contribution in [0.2, 0.25) is 0 Å². The summed E-state index contributed by atoms with van der Waals surface area (Å²) in [5.41, 5.74) is 0.691. The maximum absolute atomic E-state index is 13.9. The molecule has 2 aromatic carbocycles. The van der Waals surface area contributed by atoms with Crippen LogP contribution in [0.25, 0.3) is 11.3 Å². The van der Waals surface area contributed by atoms with E-state index in [-0.39, 0.29) is 5.92 Å². The first kappa shape index (κ1) is 22.7. The Balaban J connectivity index is 1.47. The minimum Gasteiger partial charge on any atom is -0.486 e. The summed E-state index contributed by atoms with van der Waals surface area (Å²) in [6.45, 7) is 4.39. The van der Waals surface area contributed by atoms with Crippen LogP contribution in [0, 0.1) is 17.6 Å². The predicted octanol–water partition coefficient (Wildman–Crippen LogP) is 4.25. The van der Waals surface area contributed by atoms with Crippen molar-refractivity contribution in [2.45, 2.75) is 19.9 Å². The van der Waals surface area contributed by atoms with Crippen molar-refractivity contribution < 1.29 is 27.8 Å². The van der Waals surface area contributed by atoms with E-state index in [1.807, 2.05) is 12.1 Å². The standard InChI is InChI=1S/C23H21F2N3O4S/c1-12(2)20(27-21(29)19-14(24)4-3-5-15(19)25)22(30)28-23-26-16(11-33-23)13-6-7-17-18(10-13)32-9-8-31-17/h3-7,10-12,20H,8-9H2,1-2H3,(H,27,29)(H,26,28,30). The predicted molar refractivity (Wildman–Crippen MR) is 120 cm³/mol. The van der Waals surface area contributed by atoms with Crippen LogP contribution in [0.5, 0.6) is 11.5 Å². The Hall–Kier alpha value is -3.53. The molecule has 0 bridgehead atoms. The second-order valence-corrected chi connectivity index (χ2v) is 8.54. The van der Waals surface area contributed by atoms with Crippen molar-refractivity contribution in [1.82, 2.24) is 10.3 Å². The van der Waals surface area contributed by atoms with Gasteiger partial charge in [0.25, 0.3) is 5.91 Å². The van der Waals surface area contributed by atoms with Gasteiger partial charge in [-0.25, -0.2) is 13.8 Å². The van der Waals surface area contributed by atoms with E-state index in [1.54, 1.807) is 25.3 Å². The van der Waals surface area contributed by atoms with E-state index >= 15 is 0 Å². The topological polar surface area (TPSA) is 89.6 Å². The summed E-state index contributed by atoms with van der Waals surface area (Å²) in [5, 5.41) is 7.19. The third kappa shape index (κ3) is 4.95. The normalized spacial score (nSPS) is 13.5. The number of carbonyl (C=O) groups excluding carboxylic acids is 2. The maximum Gasteiger partial charge on any atom is 0.257 e. The number of nitrogens with one attached hydrogen (secondary N) is 2. The number of halogens is 2. The highest BCUT2D eigenvalue weighted by molar-refractivity contribution is 7.14. The average molecular weight is 474 g/mol. The molecule has 10 heteroatoms. The number of rotatable bonds is 6. The van der Waals surface area contributed by atoms with E-state index in [9.17, 15) is 18.4 Å². The fraction of sp³-hybridized carbons (Fsp3) is 0.261. The van der Waals surface area contributed by atoms with Crippen molar-refractivity contribution >= 4 is 28.3 Å². The van der Waals surface area contributed by atoms with Crippen LogP contribution in [-0.2, 0) is 4.79 Å².